The molecule has 1 saturated carbocycles. The Morgan fingerprint density at radius 2 is 2.44 bits per heavy atom. The van der Waals surface area contributed by atoms with Gasteiger partial charge >= 0.3 is 0 Å². The van der Waals surface area contributed by atoms with Crippen molar-refractivity contribution in [2.75, 3.05) is 13.2 Å². The van der Waals surface area contributed by atoms with Crippen LogP contribution in [0, 0.1) is 0 Å². The maximum atomic E-state index is 11.8. The molecule has 0 atom stereocenters. The van der Waals surface area contributed by atoms with Crippen molar-refractivity contribution in [3.63, 3.8) is 0 Å². The minimum Gasteiger partial charge on any atom is -0.465 e. The smallest absolute Gasteiger partial charge is 0.247 e. The maximum absolute atomic E-state index is 11.8. The highest BCUT2D eigenvalue weighted by Crippen LogP contribution is 2.26. The Bertz CT molecular complexity index is 366. The van der Waals surface area contributed by atoms with Crippen LogP contribution in [0.2, 0.25) is 0 Å². The molecule has 1 fully saturated rings. The highest BCUT2D eigenvalue weighted by atomic mass is 16.3. The third-order valence-electron chi connectivity index (χ3n) is 2.54. The molecule has 1 amide bonds. The van der Waals surface area contributed by atoms with Gasteiger partial charge in [-0.1, -0.05) is 0 Å². The first-order valence-electron chi connectivity index (χ1n) is 5.44. The lowest BCUT2D eigenvalue weighted by Crippen LogP contribution is -2.34. The first kappa shape index (κ1) is 11.0. The van der Waals surface area contributed by atoms with Crippen molar-refractivity contribution >= 4 is 12.0 Å². The molecule has 4 nitrogen and oxygen atoms in total. The predicted molar refractivity (Wildman–Crippen MR) is 59.6 cm³/mol. The molecule has 0 radical (unpaired) electrons. The molecule has 86 valence electrons. The fourth-order valence-electron chi connectivity index (χ4n) is 1.60. The van der Waals surface area contributed by atoms with Gasteiger partial charge in [0.15, 0.2) is 0 Å². The lowest BCUT2D eigenvalue weighted by molar-refractivity contribution is -0.127. The minimum atomic E-state index is -0.0621. The molecule has 1 heterocycles. The quantitative estimate of drug-likeness (QED) is 0.762. The monoisotopic (exact) mass is 221 g/mol. The predicted octanol–water partition coefficient (Wildman–Crippen LogP) is 1.28. The largest absolute Gasteiger partial charge is 0.465 e. The highest BCUT2D eigenvalue weighted by Gasteiger charge is 2.30. The van der Waals surface area contributed by atoms with Crippen LogP contribution in [0.5, 0.6) is 0 Å². The number of amides is 1. The Kier molecular flexibility index (Phi) is 3.41. The van der Waals surface area contributed by atoms with Crippen LogP contribution >= 0.6 is 0 Å². The zero-order valence-electron chi connectivity index (χ0n) is 9.00. The standard InChI is InChI=1S/C12H15NO3/c14-8-7-13(10-3-4-10)12(15)6-5-11-2-1-9-16-11/h1-2,5-6,9-10,14H,3-4,7-8H2/b6-5+. The number of aliphatic hydroxyl groups is 1. The molecule has 0 aromatic carbocycles. The summed E-state index contributed by atoms with van der Waals surface area (Å²) < 4.78 is 5.09. The van der Waals surface area contributed by atoms with Gasteiger partial charge in [0.1, 0.15) is 5.76 Å². The second-order valence-corrected chi connectivity index (χ2v) is 3.84. The molecular formula is C12H15NO3. The van der Waals surface area contributed by atoms with E-state index in [0.29, 0.717) is 18.3 Å². The Hall–Kier alpha value is -1.55. The Labute approximate surface area is 94.2 Å². The van der Waals surface area contributed by atoms with Gasteiger partial charge in [0.25, 0.3) is 0 Å². The van der Waals surface area contributed by atoms with Gasteiger partial charge in [0.2, 0.25) is 5.91 Å². The van der Waals surface area contributed by atoms with Crippen LogP contribution < -0.4 is 0 Å². The van der Waals surface area contributed by atoms with Gasteiger partial charge in [0, 0.05) is 18.7 Å². The van der Waals surface area contributed by atoms with Crippen molar-refractivity contribution in [2.45, 2.75) is 18.9 Å². The van der Waals surface area contributed by atoms with Crippen molar-refractivity contribution in [1.82, 2.24) is 4.90 Å². The summed E-state index contributed by atoms with van der Waals surface area (Å²) in [5.41, 5.74) is 0. The lowest BCUT2D eigenvalue weighted by atomic mass is 10.3. The van der Waals surface area contributed by atoms with Gasteiger partial charge < -0.3 is 14.4 Å². The van der Waals surface area contributed by atoms with Crippen LogP contribution in [0.3, 0.4) is 0 Å². The molecule has 1 aliphatic rings. The molecule has 0 spiro atoms. The number of hydrogen-bond donors (Lipinski definition) is 1. The van der Waals surface area contributed by atoms with Gasteiger partial charge in [-0.15, -0.1) is 0 Å². The maximum Gasteiger partial charge on any atom is 0.247 e. The SMILES string of the molecule is O=C(/C=C/c1ccco1)N(CCO)C1CC1. The molecule has 0 unspecified atom stereocenters. The van der Waals surface area contributed by atoms with Crippen LogP contribution in [0.25, 0.3) is 6.08 Å². The number of aliphatic hydroxyl groups excluding tert-OH is 1. The van der Waals surface area contributed by atoms with Crippen LogP contribution in [0.4, 0.5) is 0 Å². The molecule has 1 aliphatic carbocycles. The summed E-state index contributed by atoms with van der Waals surface area (Å²) in [6.45, 7) is 0.419. The number of carbonyl (C=O) groups excluding carboxylic acids is 1. The minimum absolute atomic E-state index is 0.0107. The van der Waals surface area contributed by atoms with Crippen LogP contribution in [-0.4, -0.2) is 35.1 Å². The Morgan fingerprint density at radius 3 is 3.00 bits per heavy atom. The number of carbonyl (C=O) groups is 1. The van der Waals surface area contributed by atoms with E-state index in [1.807, 2.05) is 0 Å². The average Bonchev–Trinajstić information content (AvgIpc) is 2.99. The van der Waals surface area contributed by atoms with E-state index in [4.69, 9.17) is 9.52 Å². The van der Waals surface area contributed by atoms with Gasteiger partial charge in [-0.25, -0.2) is 0 Å². The fraction of sp³-hybridized carbons (Fsp3) is 0.417. The second kappa shape index (κ2) is 4.99. The van der Waals surface area contributed by atoms with E-state index in [9.17, 15) is 4.79 Å². The third kappa shape index (κ3) is 2.73. The Balaban J connectivity index is 1.94. The second-order valence-electron chi connectivity index (χ2n) is 3.84. The number of nitrogens with zero attached hydrogens (tertiary/aromatic N) is 1. The van der Waals surface area contributed by atoms with Crippen molar-refractivity contribution < 1.29 is 14.3 Å². The third-order valence-corrected chi connectivity index (χ3v) is 2.54. The average molecular weight is 221 g/mol. The number of furan rings is 1. The van der Waals surface area contributed by atoms with Crippen LogP contribution in [0.15, 0.2) is 28.9 Å². The van der Waals surface area contributed by atoms with Crippen molar-refractivity contribution in [3.05, 3.63) is 30.2 Å². The van der Waals surface area contributed by atoms with E-state index in [2.05, 4.69) is 0 Å². The summed E-state index contributed by atoms with van der Waals surface area (Å²) >= 11 is 0. The van der Waals surface area contributed by atoms with E-state index in [1.54, 1.807) is 29.4 Å². The molecule has 1 aromatic rings. The van der Waals surface area contributed by atoms with E-state index < -0.39 is 0 Å². The summed E-state index contributed by atoms with van der Waals surface area (Å²) in [5.74, 6) is 0.598. The van der Waals surface area contributed by atoms with E-state index in [1.165, 1.54) is 6.08 Å². The molecule has 1 aromatic heterocycles. The molecule has 0 bridgehead atoms. The number of hydrogen-bond acceptors (Lipinski definition) is 3. The molecule has 4 heteroatoms. The topological polar surface area (TPSA) is 53.7 Å². The summed E-state index contributed by atoms with van der Waals surface area (Å²) in [6.07, 6.45) is 6.79. The summed E-state index contributed by atoms with van der Waals surface area (Å²) in [5, 5.41) is 8.88. The summed E-state index contributed by atoms with van der Waals surface area (Å²) in [4.78, 5) is 13.5. The first-order valence-corrected chi connectivity index (χ1v) is 5.44. The molecule has 0 aliphatic heterocycles. The van der Waals surface area contributed by atoms with Crippen LogP contribution in [0.1, 0.15) is 18.6 Å². The molecule has 2 rings (SSSR count). The first-order chi connectivity index (χ1) is 7.81. The molecule has 16 heavy (non-hydrogen) atoms. The normalized spacial score (nSPS) is 15.6. The van der Waals surface area contributed by atoms with E-state index >= 15 is 0 Å². The van der Waals surface area contributed by atoms with Gasteiger partial charge in [0.05, 0.1) is 12.9 Å². The summed E-state index contributed by atoms with van der Waals surface area (Å²) in [7, 11) is 0. The zero-order chi connectivity index (χ0) is 11.4. The lowest BCUT2D eigenvalue weighted by Gasteiger charge is -2.19. The summed E-state index contributed by atoms with van der Waals surface area (Å²) in [6, 6.07) is 3.88. The van der Waals surface area contributed by atoms with Crippen molar-refractivity contribution in [3.8, 4) is 0 Å². The highest BCUT2D eigenvalue weighted by molar-refractivity contribution is 5.91. The van der Waals surface area contributed by atoms with Crippen LogP contribution in [-0.2, 0) is 4.79 Å². The van der Waals surface area contributed by atoms with Crippen molar-refractivity contribution in [1.29, 1.82) is 0 Å². The van der Waals surface area contributed by atoms with Gasteiger partial charge in [-0.3, -0.25) is 4.79 Å². The van der Waals surface area contributed by atoms with Gasteiger partial charge in [-0.2, -0.15) is 0 Å². The van der Waals surface area contributed by atoms with E-state index in [0.717, 1.165) is 12.8 Å². The molecular weight excluding hydrogens is 206 g/mol. The van der Waals surface area contributed by atoms with Gasteiger partial charge in [-0.05, 0) is 31.1 Å². The Morgan fingerprint density at radius 1 is 1.62 bits per heavy atom. The van der Waals surface area contributed by atoms with E-state index in [-0.39, 0.29) is 12.5 Å². The zero-order valence-corrected chi connectivity index (χ0v) is 9.00. The molecule has 0 saturated heterocycles. The fourth-order valence-corrected chi connectivity index (χ4v) is 1.60. The molecule has 1 N–H and O–H groups in total. The van der Waals surface area contributed by atoms with Crippen molar-refractivity contribution in [2.24, 2.45) is 0 Å². The number of rotatable bonds is 5.